The van der Waals surface area contributed by atoms with Crippen molar-refractivity contribution >= 4 is 28.1 Å². The van der Waals surface area contributed by atoms with E-state index >= 15 is 0 Å². The van der Waals surface area contributed by atoms with Crippen molar-refractivity contribution in [3.8, 4) is 0 Å². The largest absolute Gasteiger partial charge is 0.375 e. The minimum absolute atomic E-state index is 0.0378. The maximum Gasteiger partial charge on any atom is 0.180 e. The lowest BCUT2D eigenvalue weighted by Gasteiger charge is -2.23. The Balaban J connectivity index is 2.21. The number of nitrogens with two attached hydrogens (primary N) is 1. The molecule has 0 fully saturated rings. The lowest BCUT2D eigenvalue weighted by Crippen LogP contribution is -2.26. The molecule has 0 saturated heterocycles. The molecule has 3 N–H and O–H groups in total. The number of nitrogen functional groups attached to an aromatic ring is 1. The number of hydrogen-bond acceptors (Lipinski definition) is 4. The number of aromatic nitrogens is 1. The van der Waals surface area contributed by atoms with Gasteiger partial charge in [-0.15, -0.1) is 11.3 Å². The minimum atomic E-state index is 0.0378. The van der Waals surface area contributed by atoms with E-state index in [1.54, 1.807) is 0 Å². The second-order valence-electron chi connectivity index (χ2n) is 6.32. The first-order valence-electron chi connectivity index (χ1n) is 7.06. The summed E-state index contributed by atoms with van der Waals surface area (Å²) >= 11 is 7.86. The van der Waals surface area contributed by atoms with E-state index in [2.05, 4.69) is 31.1 Å². The van der Waals surface area contributed by atoms with Crippen LogP contribution in [-0.4, -0.2) is 11.5 Å². The molecule has 0 bridgehead atoms. The summed E-state index contributed by atoms with van der Waals surface area (Å²) in [5.41, 5.74) is 7.14. The van der Waals surface area contributed by atoms with E-state index in [-0.39, 0.29) is 6.04 Å². The van der Waals surface area contributed by atoms with Crippen LogP contribution < -0.4 is 11.1 Å². The molecule has 1 heterocycles. The van der Waals surface area contributed by atoms with Crippen LogP contribution in [0.1, 0.15) is 43.7 Å². The van der Waals surface area contributed by atoms with Crippen molar-refractivity contribution < 1.29 is 0 Å². The van der Waals surface area contributed by atoms with Crippen LogP contribution in [0.3, 0.4) is 0 Å². The summed E-state index contributed by atoms with van der Waals surface area (Å²) in [5, 5.41) is 4.94. The molecular formula is C16H22ClN3S. The lowest BCUT2D eigenvalue weighted by atomic mass is 9.92. The summed E-state index contributed by atoms with van der Waals surface area (Å²) in [6.07, 6.45) is 2.92. The molecule has 0 radical (unpaired) electrons. The van der Waals surface area contributed by atoms with Crippen LogP contribution in [0, 0.1) is 5.41 Å². The normalized spacial score (nSPS) is 13.3. The maximum absolute atomic E-state index is 6.36. The minimum Gasteiger partial charge on any atom is -0.375 e. The van der Waals surface area contributed by atoms with Crippen LogP contribution in [0.15, 0.2) is 30.5 Å². The zero-order valence-electron chi connectivity index (χ0n) is 12.7. The fourth-order valence-electron chi connectivity index (χ4n) is 2.10. The molecule has 3 nitrogen and oxygen atoms in total. The summed E-state index contributed by atoms with van der Waals surface area (Å²) < 4.78 is 0. The SMILES string of the molecule is CC(C)(C)CCNC(c1cnc(N)s1)c1ccccc1Cl. The van der Waals surface area contributed by atoms with Crippen LogP contribution >= 0.6 is 22.9 Å². The van der Waals surface area contributed by atoms with E-state index in [1.165, 1.54) is 11.3 Å². The molecule has 21 heavy (non-hydrogen) atoms. The second-order valence-corrected chi connectivity index (χ2v) is 7.82. The van der Waals surface area contributed by atoms with Crippen molar-refractivity contribution in [2.24, 2.45) is 5.41 Å². The maximum atomic E-state index is 6.36. The highest BCUT2D eigenvalue weighted by molar-refractivity contribution is 7.15. The van der Waals surface area contributed by atoms with Crippen LogP contribution in [-0.2, 0) is 0 Å². The van der Waals surface area contributed by atoms with Crippen molar-refractivity contribution in [2.45, 2.75) is 33.2 Å². The third kappa shape index (κ3) is 4.70. The fourth-order valence-corrected chi connectivity index (χ4v) is 3.12. The Kier molecular flexibility index (Phi) is 5.25. The highest BCUT2D eigenvalue weighted by atomic mass is 35.5. The van der Waals surface area contributed by atoms with Gasteiger partial charge in [0.15, 0.2) is 5.13 Å². The molecule has 0 aliphatic rings. The summed E-state index contributed by atoms with van der Waals surface area (Å²) in [6, 6.07) is 7.95. The first kappa shape index (κ1) is 16.3. The number of nitrogens with one attached hydrogen (secondary N) is 1. The number of halogens is 1. The molecule has 0 spiro atoms. The molecule has 5 heteroatoms. The van der Waals surface area contributed by atoms with Crippen molar-refractivity contribution in [3.63, 3.8) is 0 Å². The smallest absolute Gasteiger partial charge is 0.180 e. The monoisotopic (exact) mass is 323 g/mol. The van der Waals surface area contributed by atoms with E-state index in [0.717, 1.165) is 28.4 Å². The van der Waals surface area contributed by atoms with E-state index in [1.807, 2.05) is 30.5 Å². The van der Waals surface area contributed by atoms with Gasteiger partial charge in [-0.3, -0.25) is 0 Å². The van der Waals surface area contributed by atoms with Gasteiger partial charge in [-0.1, -0.05) is 50.6 Å². The van der Waals surface area contributed by atoms with Gasteiger partial charge in [0.2, 0.25) is 0 Å². The molecule has 0 amide bonds. The van der Waals surface area contributed by atoms with Gasteiger partial charge in [0.25, 0.3) is 0 Å². The van der Waals surface area contributed by atoms with Gasteiger partial charge < -0.3 is 11.1 Å². The molecule has 114 valence electrons. The third-order valence-electron chi connectivity index (χ3n) is 3.27. The predicted octanol–water partition coefficient (Wildman–Crippen LogP) is 4.49. The summed E-state index contributed by atoms with van der Waals surface area (Å²) in [7, 11) is 0. The van der Waals surface area contributed by atoms with E-state index in [9.17, 15) is 0 Å². The third-order valence-corrected chi connectivity index (χ3v) is 4.50. The number of thiazole rings is 1. The molecule has 1 unspecified atom stereocenters. The van der Waals surface area contributed by atoms with Crippen molar-refractivity contribution in [2.75, 3.05) is 12.3 Å². The van der Waals surface area contributed by atoms with Crippen LogP contribution in [0.2, 0.25) is 5.02 Å². The zero-order valence-corrected chi connectivity index (χ0v) is 14.3. The molecule has 2 rings (SSSR count). The van der Waals surface area contributed by atoms with Gasteiger partial charge in [0.1, 0.15) is 0 Å². The quantitative estimate of drug-likeness (QED) is 0.852. The molecule has 2 aromatic rings. The Bertz CT molecular complexity index is 589. The summed E-state index contributed by atoms with van der Waals surface area (Å²) in [6.45, 7) is 7.63. The summed E-state index contributed by atoms with van der Waals surface area (Å²) in [4.78, 5) is 5.25. The molecule has 1 aromatic carbocycles. The lowest BCUT2D eigenvalue weighted by molar-refractivity contribution is 0.361. The Hall–Kier alpha value is -1.10. The van der Waals surface area contributed by atoms with E-state index < -0.39 is 0 Å². The number of hydrogen-bond donors (Lipinski definition) is 2. The Morgan fingerprint density at radius 1 is 1.33 bits per heavy atom. The van der Waals surface area contributed by atoms with Gasteiger partial charge in [0, 0.05) is 16.1 Å². The van der Waals surface area contributed by atoms with Crippen molar-refractivity contribution in [1.29, 1.82) is 0 Å². The second kappa shape index (κ2) is 6.77. The highest BCUT2D eigenvalue weighted by Gasteiger charge is 2.20. The van der Waals surface area contributed by atoms with Gasteiger partial charge in [-0.25, -0.2) is 4.98 Å². The fraction of sp³-hybridized carbons (Fsp3) is 0.438. The Morgan fingerprint density at radius 2 is 2.05 bits per heavy atom. The van der Waals surface area contributed by atoms with Gasteiger partial charge in [0.05, 0.1) is 6.04 Å². The van der Waals surface area contributed by atoms with Gasteiger partial charge >= 0.3 is 0 Å². The van der Waals surface area contributed by atoms with Gasteiger partial charge in [-0.2, -0.15) is 0 Å². The first-order valence-corrected chi connectivity index (χ1v) is 8.25. The van der Waals surface area contributed by atoms with Crippen LogP contribution in [0.4, 0.5) is 5.13 Å². The first-order chi connectivity index (χ1) is 9.87. The Morgan fingerprint density at radius 3 is 2.62 bits per heavy atom. The van der Waals surface area contributed by atoms with Crippen LogP contribution in [0.5, 0.6) is 0 Å². The van der Waals surface area contributed by atoms with Crippen molar-refractivity contribution in [3.05, 3.63) is 45.9 Å². The average molecular weight is 324 g/mol. The Labute approximate surface area is 135 Å². The topological polar surface area (TPSA) is 50.9 Å². The zero-order chi connectivity index (χ0) is 15.5. The van der Waals surface area contributed by atoms with Crippen LogP contribution in [0.25, 0.3) is 0 Å². The highest BCUT2D eigenvalue weighted by Crippen LogP contribution is 2.32. The molecule has 0 aliphatic heterocycles. The van der Waals surface area contributed by atoms with E-state index in [4.69, 9.17) is 17.3 Å². The predicted molar refractivity (Wildman–Crippen MR) is 91.9 cm³/mol. The summed E-state index contributed by atoms with van der Waals surface area (Å²) in [5.74, 6) is 0. The number of anilines is 1. The number of rotatable bonds is 5. The average Bonchev–Trinajstić information content (AvgIpc) is 2.81. The van der Waals surface area contributed by atoms with Crippen molar-refractivity contribution in [1.82, 2.24) is 10.3 Å². The standard InChI is InChI=1S/C16H22ClN3S/c1-16(2,3)8-9-19-14(13-10-20-15(18)21-13)11-6-4-5-7-12(11)17/h4-7,10,14,19H,8-9H2,1-3H3,(H2,18,20). The molecule has 1 atom stereocenters. The number of benzene rings is 1. The molecule has 0 saturated carbocycles. The molecule has 1 aromatic heterocycles. The molecule has 0 aliphatic carbocycles. The van der Waals surface area contributed by atoms with Gasteiger partial charge in [-0.05, 0) is 30.0 Å². The molecular weight excluding hydrogens is 302 g/mol. The number of nitrogens with zero attached hydrogens (tertiary/aromatic N) is 1. The van der Waals surface area contributed by atoms with E-state index in [0.29, 0.717) is 10.5 Å².